The predicted octanol–water partition coefficient (Wildman–Crippen LogP) is 2.86. The van der Waals surface area contributed by atoms with E-state index >= 15 is 0 Å². The molecule has 0 spiro atoms. The third kappa shape index (κ3) is 1.98. The summed E-state index contributed by atoms with van der Waals surface area (Å²) in [5.74, 6) is 0.857. The van der Waals surface area contributed by atoms with Crippen molar-refractivity contribution < 1.29 is 0 Å². The third-order valence-electron chi connectivity index (χ3n) is 4.24. The molecule has 0 atom stereocenters. The lowest BCUT2D eigenvalue weighted by atomic mass is 10.2. The lowest BCUT2D eigenvalue weighted by molar-refractivity contribution is 0.876. The standard InChI is InChI=1S/C17H16N6/c1-22-10-18-15-16(19-12-7-8-12)20-14-9-13(21-23(14)17(15)22)11-5-3-2-4-6-11/h2-6,9-10,12H,7-8H2,1H3,(H,19,20). The summed E-state index contributed by atoms with van der Waals surface area (Å²) in [5, 5.41) is 8.23. The number of hydrogen-bond acceptors (Lipinski definition) is 4. The summed E-state index contributed by atoms with van der Waals surface area (Å²) in [6.45, 7) is 0. The first-order valence-corrected chi connectivity index (χ1v) is 7.82. The predicted molar refractivity (Wildman–Crippen MR) is 89.3 cm³/mol. The SMILES string of the molecule is Cn1cnc2c(NC3CC3)nc3cc(-c4ccccc4)nn3c21. The molecule has 0 aliphatic heterocycles. The molecule has 1 aliphatic carbocycles. The highest BCUT2D eigenvalue weighted by atomic mass is 15.3. The second-order valence-corrected chi connectivity index (χ2v) is 6.07. The fraction of sp³-hybridized carbons (Fsp3) is 0.235. The summed E-state index contributed by atoms with van der Waals surface area (Å²) in [6.07, 6.45) is 4.22. The Balaban J connectivity index is 1.77. The summed E-state index contributed by atoms with van der Waals surface area (Å²) in [4.78, 5) is 9.26. The summed E-state index contributed by atoms with van der Waals surface area (Å²) in [7, 11) is 1.99. The number of aromatic nitrogens is 5. The maximum Gasteiger partial charge on any atom is 0.167 e. The van der Waals surface area contributed by atoms with Gasteiger partial charge in [0.15, 0.2) is 22.6 Å². The number of benzene rings is 1. The van der Waals surface area contributed by atoms with Crippen LogP contribution in [-0.2, 0) is 7.05 Å². The van der Waals surface area contributed by atoms with Gasteiger partial charge in [-0.1, -0.05) is 30.3 Å². The molecular weight excluding hydrogens is 288 g/mol. The van der Waals surface area contributed by atoms with Crippen LogP contribution in [0.1, 0.15) is 12.8 Å². The van der Waals surface area contributed by atoms with Crippen LogP contribution in [0.25, 0.3) is 28.1 Å². The van der Waals surface area contributed by atoms with E-state index in [1.54, 1.807) is 0 Å². The lowest BCUT2D eigenvalue weighted by Gasteiger charge is -2.06. The molecule has 6 nitrogen and oxygen atoms in total. The van der Waals surface area contributed by atoms with E-state index in [1.165, 1.54) is 12.8 Å². The number of aryl methyl sites for hydroxylation is 1. The minimum absolute atomic E-state index is 0.534. The minimum Gasteiger partial charge on any atom is -0.365 e. The van der Waals surface area contributed by atoms with E-state index in [-0.39, 0.29) is 0 Å². The van der Waals surface area contributed by atoms with Crippen LogP contribution in [0.2, 0.25) is 0 Å². The Labute approximate surface area is 132 Å². The van der Waals surface area contributed by atoms with Gasteiger partial charge in [-0.3, -0.25) is 0 Å². The third-order valence-corrected chi connectivity index (χ3v) is 4.24. The van der Waals surface area contributed by atoms with Crippen molar-refractivity contribution in [1.29, 1.82) is 0 Å². The van der Waals surface area contributed by atoms with Crippen LogP contribution in [0.3, 0.4) is 0 Å². The Kier molecular flexibility index (Phi) is 2.50. The van der Waals surface area contributed by atoms with Gasteiger partial charge in [-0.15, -0.1) is 0 Å². The Morgan fingerprint density at radius 1 is 1.17 bits per heavy atom. The van der Waals surface area contributed by atoms with Gasteiger partial charge in [0.25, 0.3) is 0 Å². The zero-order chi connectivity index (χ0) is 15.4. The summed E-state index contributed by atoms with van der Waals surface area (Å²) in [5.41, 5.74) is 4.67. The highest BCUT2D eigenvalue weighted by Crippen LogP contribution is 2.29. The van der Waals surface area contributed by atoms with Crippen LogP contribution in [0, 0.1) is 0 Å². The van der Waals surface area contributed by atoms with Gasteiger partial charge in [-0.05, 0) is 12.8 Å². The fourth-order valence-electron chi connectivity index (χ4n) is 2.89. The molecule has 0 unspecified atom stereocenters. The smallest absolute Gasteiger partial charge is 0.167 e. The van der Waals surface area contributed by atoms with E-state index in [1.807, 2.05) is 46.7 Å². The van der Waals surface area contributed by atoms with Crippen molar-refractivity contribution >= 4 is 22.6 Å². The Hall–Kier alpha value is -2.89. The van der Waals surface area contributed by atoms with Crippen molar-refractivity contribution in [2.45, 2.75) is 18.9 Å². The summed E-state index contributed by atoms with van der Waals surface area (Å²) >= 11 is 0. The maximum atomic E-state index is 4.76. The van der Waals surface area contributed by atoms with Crippen molar-refractivity contribution in [3.63, 3.8) is 0 Å². The molecule has 0 amide bonds. The molecule has 1 fully saturated rings. The second-order valence-electron chi connectivity index (χ2n) is 6.07. The number of rotatable bonds is 3. The molecule has 1 aliphatic rings. The van der Waals surface area contributed by atoms with E-state index < -0.39 is 0 Å². The Bertz CT molecular complexity index is 1010. The van der Waals surface area contributed by atoms with Gasteiger partial charge < -0.3 is 9.88 Å². The van der Waals surface area contributed by atoms with Crippen molar-refractivity contribution in [3.05, 3.63) is 42.7 Å². The fourth-order valence-corrected chi connectivity index (χ4v) is 2.89. The molecule has 0 radical (unpaired) electrons. The molecule has 23 heavy (non-hydrogen) atoms. The second kappa shape index (κ2) is 4.55. The summed E-state index contributed by atoms with van der Waals surface area (Å²) < 4.78 is 3.87. The largest absolute Gasteiger partial charge is 0.365 e. The molecule has 5 rings (SSSR count). The van der Waals surface area contributed by atoms with E-state index in [9.17, 15) is 0 Å². The van der Waals surface area contributed by atoms with Crippen molar-refractivity contribution in [2.24, 2.45) is 7.05 Å². The topological polar surface area (TPSA) is 60.0 Å². The van der Waals surface area contributed by atoms with E-state index in [0.717, 1.165) is 33.9 Å². The van der Waals surface area contributed by atoms with Crippen LogP contribution in [0.15, 0.2) is 42.7 Å². The van der Waals surface area contributed by atoms with Crippen LogP contribution in [0.4, 0.5) is 5.82 Å². The molecule has 6 heteroatoms. The number of hydrogen-bond donors (Lipinski definition) is 1. The van der Waals surface area contributed by atoms with Crippen LogP contribution >= 0.6 is 0 Å². The van der Waals surface area contributed by atoms with Gasteiger partial charge in [-0.2, -0.15) is 9.61 Å². The molecule has 3 aromatic heterocycles. The van der Waals surface area contributed by atoms with Crippen molar-refractivity contribution in [3.8, 4) is 11.3 Å². The molecule has 4 aromatic rings. The average Bonchev–Trinajstić information content (AvgIpc) is 3.15. The van der Waals surface area contributed by atoms with Gasteiger partial charge >= 0.3 is 0 Å². The number of nitrogens with zero attached hydrogens (tertiary/aromatic N) is 5. The number of anilines is 1. The normalized spacial score (nSPS) is 14.7. The van der Waals surface area contributed by atoms with Gasteiger partial charge in [0, 0.05) is 24.7 Å². The first-order chi connectivity index (χ1) is 11.3. The highest BCUT2D eigenvalue weighted by Gasteiger charge is 2.24. The van der Waals surface area contributed by atoms with Gasteiger partial charge in [0.2, 0.25) is 0 Å². The van der Waals surface area contributed by atoms with Crippen molar-refractivity contribution in [2.75, 3.05) is 5.32 Å². The first-order valence-electron chi connectivity index (χ1n) is 7.82. The molecular formula is C17H16N6. The molecule has 1 N–H and O–H groups in total. The molecule has 0 bridgehead atoms. The van der Waals surface area contributed by atoms with Gasteiger partial charge in [0.05, 0.1) is 12.0 Å². The molecule has 0 saturated heterocycles. The highest BCUT2D eigenvalue weighted by molar-refractivity contribution is 5.86. The van der Waals surface area contributed by atoms with Crippen molar-refractivity contribution in [1.82, 2.24) is 24.1 Å². The Morgan fingerprint density at radius 2 is 2.00 bits per heavy atom. The van der Waals surface area contributed by atoms with Crippen LogP contribution < -0.4 is 5.32 Å². The molecule has 3 heterocycles. The summed E-state index contributed by atoms with van der Waals surface area (Å²) in [6, 6.07) is 12.7. The maximum absolute atomic E-state index is 4.76. The molecule has 1 saturated carbocycles. The number of imidazole rings is 1. The van der Waals surface area contributed by atoms with E-state index in [2.05, 4.69) is 22.4 Å². The first kappa shape index (κ1) is 12.6. The number of fused-ring (bicyclic) bond motifs is 3. The zero-order valence-electron chi connectivity index (χ0n) is 12.8. The average molecular weight is 304 g/mol. The van der Waals surface area contributed by atoms with Gasteiger partial charge in [0.1, 0.15) is 0 Å². The van der Waals surface area contributed by atoms with Gasteiger partial charge in [-0.25, -0.2) is 9.97 Å². The molecule has 1 aromatic carbocycles. The number of nitrogens with one attached hydrogen (secondary N) is 1. The van der Waals surface area contributed by atoms with E-state index in [4.69, 9.17) is 10.1 Å². The van der Waals surface area contributed by atoms with E-state index in [0.29, 0.717) is 6.04 Å². The minimum atomic E-state index is 0.534. The van der Waals surface area contributed by atoms with Crippen LogP contribution in [-0.4, -0.2) is 30.2 Å². The Morgan fingerprint density at radius 3 is 2.78 bits per heavy atom. The molecule has 114 valence electrons. The zero-order valence-corrected chi connectivity index (χ0v) is 12.8. The van der Waals surface area contributed by atoms with Crippen LogP contribution in [0.5, 0.6) is 0 Å². The quantitative estimate of drug-likeness (QED) is 0.632. The monoisotopic (exact) mass is 304 g/mol. The lowest BCUT2D eigenvalue weighted by Crippen LogP contribution is -2.06.